The van der Waals surface area contributed by atoms with Gasteiger partial charge >= 0.3 is 0 Å². The van der Waals surface area contributed by atoms with Crippen molar-refractivity contribution in [2.24, 2.45) is 0 Å². The molecule has 0 bridgehead atoms. The van der Waals surface area contributed by atoms with Crippen LogP contribution in [0.5, 0.6) is 0 Å². The molecule has 2 N–H and O–H groups in total. The van der Waals surface area contributed by atoms with Crippen LogP contribution in [0, 0.1) is 11.6 Å². The van der Waals surface area contributed by atoms with Crippen LogP contribution in [-0.4, -0.2) is 4.98 Å². The van der Waals surface area contributed by atoms with Gasteiger partial charge in [0.05, 0.1) is 5.02 Å². The van der Waals surface area contributed by atoms with Crippen molar-refractivity contribution in [2.45, 2.75) is 0 Å². The highest BCUT2D eigenvalue weighted by Gasteiger charge is 2.14. The molecule has 2 aromatic carbocycles. The van der Waals surface area contributed by atoms with Gasteiger partial charge in [0.25, 0.3) is 0 Å². The van der Waals surface area contributed by atoms with Crippen LogP contribution in [0.2, 0.25) is 5.02 Å². The van der Waals surface area contributed by atoms with E-state index in [1.54, 1.807) is 30.5 Å². The highest BCUT2D eigenvalue weighted by Crippen LogP contribution is 2.34. The van der Waals surface area contributed by atoms with Gasteiger partial charge in [-0.1, -0.05) is 23.7 Å². The zero-order chi connectivity index (χ0) is 14.3. The largest absolute Gasteiger partial charge is 0.384 e. The molecule has 2 nitrogen and oxygen atoms in total. The van der Waals surface area contributed by atoms with E-state index in [0.29, 0.717) is 11.4 Å². The highest BCUT2D eigenvalue weighted by molar-refractivity contribution is 6.33. The average Bonchev–Trinajstić information content (AvgIpc) is 2.43. The Morgan fingerprint density at radius 1 is 0.950 bits per heavy atom. The number of rotatable bonds is 1. The second-order valence-corrected chi connectivity index (χ2v) is 4.77. The number of nitrogen functional groups attached to an aromatic ring is 1. The molecule has 0 aliphatic carbocycles. The molecule has 0 atom stereocenters. The van der Waals surface area contributed by atoms with E-state index in [1.807, 2.05) is 0 Å². The number of benzene rings is 2. The molecule has 0 aliphatic rings. The minimum atomic E-state index is -0.654. The van der Waals surface area contributed by atoms with Gasteiger partial charge in [-0.2, -0.15) is 0 Å². The third-order valence-corrected chi connectivity index (χ3v) is 3.45. The number of nitrogens with zero attached hydrogens (tertiary/aromatic N) is 1. The summed E-state index contributed by atoms with van der Waals surface area (Å²) in [5, 5.41) is 1.42. The fourth-order valence-electron chi connectivity index (χ4n) is 2.11. The van der Waals surface area contributed by atoms with Gasteiger partial charge in [0, 0.05) is 17.1 Å². The topological polar surface area (TPSA) is 38.9 Å². The van der Waals surface area contributed by atoms with Crippen molar-refractivity contribution in [1.82, 2.24) is 4.98 Å². The van der Waals surface area contributed by atoms with Crippen LogP contribution in [0.25, 0.3) is 21.9 Å². The molecular weight excluding hydrogens is 282 g/mol. The van der Waals surface area contributed by atoms with Crippen LogP contribution < -0.4 is 5.73 Å². The molecule has 1 aromatic heterocycles. The molecule has 0 aliphatic heterocycles. The Kier molecular flexibility index (Phi) is 3.03. The van der Waals surface area contributed by atoms with Crippen molar-refractivity contribution < 1.29 is 8.78 Å². The summed E-state index contributed by atoms with van der Waals surface area (Å²) in [5.74, 6) is -0.821. The predicted octanol–water partition coefficient (Wildman–Crippen LogP) is 4.42. The molecule has 1 heterocycles. The van der Waals surface area contributed by atoms with E-state index in [4.69, 9.17) is 17.3 Å². The van der Waals surface area contributed by atoms with Gasteiger partial charge in [-0.25, -0.2) is 13.8 Å². The van der Waals surface area contributed by atoms with Crippen LogP contribution in [0.3, 0.4) is 0 Å². The molecule has 5 heteroatoms. The van der Waals surface area contributed by atoms with Crippen molar-refractivity contribution >= 4 is 28.2 Å². The quantitative estimate of drug-likeness (QED) is 0.674. The Morgan fingerprint density at radius 2 is 1.70 bits per heavy atom. The summed E-state index contributed by atoms with van der Waals surface area (Å²) in [6.07, 6.45) is 1.58. The van der Waals surface area contributed by atoms with Crippen molar-refractivity contribution in [3.05, 3.63) is 59.3 Å². The number of pyridine rings is 1. The fourth-order valence-corrected chi connectivity index (χ4v) is 2.37. The molecule has 0 saturated heterocycles. The minimum Gasteiger partial charge on any atom is -0.384 e. The third-order valence-electron chi connectivity index (χ3n) is 3.08. The van der Waals surface area contributed by atoms with E-state index >= 15 is 0 Å². The van der Waals surface area contributed by atoms with Gasteiger partial charge in [-0.15, -0.1) is 0 Å². The summed E-state index contributed by atoms with van der Waals surface area (Å²) in [6, 6.07) is 8.91. The molecular formula is C15H9ClF2N2. The number of halogens is 3. The number of hydrogen-bond donors (Lipinski definition) is 1. The van der Waals surface area contributed by atoms with Gasteiger partial charge in [-0.3, -0.25) is 0 Å². The summed E-state index contributed by atoms with van der Waals surface area (Å²) in [4.78, 5) is 3.98. The molecule has 0 fully saturated rings. The van der Waals surface area contributed by atoms with Crippen molar-refractivity contribution in [2.75, 3.05) is 5.73 Å². The molecule has 3 rings (SSSR count). The van der Waals surface area contributed by atoms with E-state index in [1.165, 1.54) is 0 Å². The molecule has 0 unspecified atom stereocenters. The Hall–Kier alpha value is -2.20. The van der Waals surface area contributed by atoms with Crippen LogP contribution in [0.1, 0.15) is 0 Å². The lowest BCUT2D eigenvalue weighted by Gasteiger charge is -2.08. The maximum Gasteiger partial charge on any atom is 0.142 e. The van der Waals surface area contributed by atoms with Crippen LogP contribution in [-0.2, 0) is 0 Å². The van der Waals surface area contributed by atoms with Crippen molar-refractivity contribution in [3.63, 3.8) is 0 Å². The van der Waals surface area contributed by atoms with Crippen LogP contribution in [0.4, 0.5) is 14.6 Å². The first kappa shape index (κ1) is 12.8. The van der Waals surface area contributed by atoms with E-state index in [2.05, 4.69) is 4.98 Å². The monoisotopic (exact) mass is 290 g/mol. The summed E-state index contributed by atoms with van der Waals surface area (Å²) in [6.45, 7) is 0. The summed E-state index contributed by atoms with van der Waals surface area (Å²) in [7, 11) is 0. The second-order valence-electron chi connectivity index (χ2n) is 4.39. The first-order valence-corrected chi connectivity index (χ1v) is 6.23. The van der Waals surface area contributed by atoms with E-state index in [-0.39, 0.29) is 10.6 Å². The Labute approximate surface area is 118 Å². The Balaban J connectivity index is 2.25. The lowest BCUT2D eigenvalue weighted by Crippen LogP contribution is -1.91. The van der Waals surface area contributed by atoms with Gasteiger partial charge in [0.2, 0.25) is 0 Å². The van der Waals surface area contributed by atoms with Gasteiger partial charge in [0.1, 0.15) is 17.5 Å². The third kappa shape index (κ3) is 2.08. The number of aromatic nitrogens is 1. The maximum atomic E-state index is 13.9. The second kappa shape index (κ2) is 4.72. The summed E-state index contributed by atoms with van der Waals surface area (Å²) in [5.41, 5.74) is 6.14. The molecule has 100 valence electrons. The Bertz CT molecular complexity index is 818. The fraction of sp³-hybridized carbons (Fsp3) is 0. The molecule has 0 amide bonds. The molecule has 0 radical (unpaired) electrons. The molecule has 0 saturated carbocycles. The van der Waals surface area contributed by atoms with Gasteiger partial charge in [0.15, 0.2) is 0 Å². The Morgan fingerprint density at radius 3 is 2.50 bits per heavy atom. The summed E-state index contributed by atoms with van der Waals surface area (Å²) < 4.78 is 27.4. The number of anilines is 1. The molecule has 0 spiro atoms. The number of nitrogens with two attached hydrogens (primary N) is 1. The number of hydrogen-bond acceptors (Lipinski definition) is 2. The highest BCUT2D eigenvalue weighted by atomic mass is 35.5. The van der Waals surface area contributed by atoms with E-state index in [9.17, 15) is 8.78 Å². The zero-order valence-corrected chi connectivity index (χ0v) is 11.0. The van der Waals surface area contributed by atoms with Gasteiger partial charge in [-0.05, 0) is 35.2 Å². The zero-order valence-electron chi connectivity index (χ0n) is 10.2. The lowest BCUT2D eigenvalue weighted by molar-refractivity contribution is 0.603. The van der Waals surface area contributed by atoms with Crippen LogP contribution >= 0.6 is 11.6 Å². The number of fused-ring (bicyclic) bond motifs is 1. The van der Waals surface area contributed by atoms with Gasteiger partial charge < -0.3 is 5.73 Å². The predicted molar refractivity (Wildman–Crippen MR) is 76.5 cm³/mol. The first-order valence-electron chi connectivity index (χ1n) is 5.85. The first-order chi connectivity index (χ1) is 9.56. The normalized spacial score (nSPS) is 10.9. The van der Waals surface area contributed by atoms with Crippen molar-refractivity contribution in [1.29, 1.82) is 0 Å². The SMILES string of the molecule is Nc1cc2ccc(-c3c(F)ccc(F)c3Cl)cc2cn1. The molecule has 3 aromatic rings. The van der Waals surface area contributed by atoms with E-state index in [0.717, 1.165) is 22.9 Å². The minimum absolute atomic E-state index is 0.0467. The smallest absolute Gasteiger partial charge is 0.142 e. The molecule has 20 heavy (non-hydrogen) atoms. The van der Waals surface area contributed by atoms with Crippen molar-refractivity contribution in [3.8, 4) is 11.1 Å². The van der Waals surface area contributed by atoms with E-state index < -0.39 is 11.6 Å². The summed E-state index contributed by atoms with van der Waals surface area (Å²) >= 11 is 5.86. The average molecular weight is 291 g/mol. The maximum absolute atomic E-state index is 13.9. The van der Waals surface area contributed by atoms with Crippen LogP contribution in [0.15, 0.2) is 42.6 Å². The lowest BCUT2D eigenvalue weighted by atomic mass is 10.0. The standard InChI is InChI=1S/C15H9ClF2N2/c16-15-12(18)4-3-11(17)14(15)9-2-1-8-6-13(19)20-7-10(8)5-9/h1-7H,(H2,19,20).